The lowest BCUT2D eigenvalue weighted by molar-refractivity contribution is 0.617. The maximum absolute atomic E-state index is 6.63. The summed E-state index contributed by atoms with van der Waals surface area (Å²) in [5.41, 5.74) is 16.3. The van der Waals surface area contributed by atoms with E-state index < -0.39 is 0 Å². The third kappa shape index (κ3) is 4.79. The molecule has 0 fully saturated rings. The molecule has 270 valence electrons. The molecule has 0 radical (unpaired) electrons. The third-order valence-corrected chi connectivity index (χ3v) is 11.9. The number of oxazole rings is 1. The van der Waals surface area contributed by atoms with Gasteiger partial charge in [-0.15, -0.1) is 0 Å². The first-order valence-corrected chi connectivity index (χ1v) is 19.4. The van der Waals surface area contributed by atoms with E-state index in [9.17, 15) is 0 Å². The van der Waals surface area contributed by atoms with Crippen LogP contribution in [0.15, 0.2) is 183 Å². The lowest BCUT2D eigenvalue weighted by Gasteiger charge is -2.28. The number of furan rings is 2. The summed E-state index contributed by atoms with van der Waals surface area (Å²) >= 11 is 0. The monoisotopic (exact) mass is 734 g/mol. The molecular weight excluding hydrogens is 701 g/mol. The molecule has 0 saturated heterocycles. The van der Waals surface area contributed by atoms with Crippen molar-refractivity contribution < 1.29 is 13.3 Å². The van der Waals surface area contributed by atoms with Crippen LogP contribution in [-0.4, -0.2) is 4.98 Å². The molecule has 3 heterocycles. The highest BCUT2D eigenvalue weighted by atomic mass is 16.4. The Hall–Kier alpha value is -7.37. The molecule has 12 rings (SSSR count). The van der Waals surface area contributed by atoms with E-state index in [1.807, 2.05) is 48.5 Å². The Morgan fingerprint density at radius 1 is 0.421 bits per heavy atom. The zero-order chi connectivity index (χ0) is 37.8. The second-order valence-corrected chi connectivity index (χ2v) is 15.5. The minimum atomic E-state index is -0.129. The second-order valence-electron chi connectivity index (χ2n) is 15.5. The maximum atomic E-state index is 6.63. The van der Waals surface area contributed by atoms with Gasteiger partial charge >= 0.3 is 0 Å². The van der Waals surface area contributed by atoms with E-state index in [0.717, 1.165) is 83.1 Å². The summed E-state index contributed by atoms with van der Waals surface area (Å²) < 4.78 is 19.1. The molecule has 0 spiro atoms. The molecule has 0 aliphatic heterocycles. The van der Waals surface area contributed by atoms with Crippen LogP contribution < -0.4 is 4.90 Å². The normalized spacial score (nSPS) is 13.2. The van der Waals surface area contributed by atoms with Gasteiger partial charge in [-0.2, -0.15) is 0 Å². The molecule has 3 aromatic heterocycles. The predicted octanol–water partition coefficient (Wildman–Crippen LogP) is 14.7. The number of nitrogens with zero attached hydrogens (tertiary/aromatic N) is 2. The maximum Gasteiger partial charge on any atom is 0.227 e. The molecule has 0 N–H and O–H groups in total. The fourth-order valence-corrected chi connectivity index (χ4v) is 9.07. The Bertz CT molecular complexity index is 3380. The van der Waals surface area contributed by atoms with Crippen molar-refractivity contribution in [2.24, 2.45) is 0 Å². The average Bonchev–Trinajstić information content (AvgIpc) is 4.00. The standard InChI is InChI=1S/C52H34N2O3/c1-52(2)43-17-8-6-13-37(43)38-25-23-35(28-44(38)52)54(34-24-26-47-41(27-34)39-14-7-9-18-46(39)55-47)33-21-19-31(20-22-33)36-15-10-16-40-42-29-45-49(30-48(42)56-50(36)40)57-51(53-45)32-11-4-3-5-12-32/h3-30H,1-2H3. The van der Waals surface area contributed by atoms with E-state index >= 15 is 0 Å². The zero-order valence-electron chi connectivity index (χ0n) is 31.3. The van der Waals surface area contributed by atoms with Crippen LogP contribution in [0, 0.1) is 0 Å². The predicted molar refractivity (Wildman–Crippen MR) is 232 cm³/mol. The molecule has 0 amide bonds. The zero-order valence-corrected chi connectivity index (χ0v) is 31.3. The van der Waals surface area contributed by atoms with Gasteiger partial charge < -0.3 is 18.2 Å². The van der Waals surface area contributed by atoms with Crippen LogP contribution in [0.2, 0.25) is 0 Å². The molecule has 1 aliphatic carbocycles. The van der Waals surface area contributed by atoms with E-state index in [-0.39, 0.29) is 5.41 Å². The van der Waals surface area contributed by atoms with Crippen molar-refractivity contribution in [2.45, 2.75) is 19.3 Å². The van der Waals surface area contributed by atoms with Gasteiger partial charge in [0, 0.05) is 61.2 Å². The summed E-state index contributed by atoms with van der Waals surface area (Å²) in [6, 6.07) is 59.7. The smallest absolute Gasteiger partial charge is 0.227 e. The molecule has 11 aromatic rings. The van der Waals surface area contributed by atoms with Gasteiger partial charge in [0.05, 0.1) is 0 Å². The van der Waals surface area contributed by atoms with Crippen molar-refractivity contribution in [2.75, 3.05) is 4.90 Å². The fourth-order valence-electron chi connectivity index (χ4n) is 9.07. The summed E-state index contributed by atoms with van der Waals surface area (Å²) in [4.78, 5) is 7.18. The first-order valence-electron chi connectivity index (χ1n) is 19.4. The Morgan fingerprint density at radius 3 is 2.00 bits per heavy atom. The number of hydrogen-bond acceptors (Lipinski definition) is 5. The van der Waals surface area contributed by atoms with E-state index in [1.165, 1.54) is 22.3 Å². The number of anilines is 3. The van der Waals surface area contributed by atoms with Gasteiger partial charge in [0.1, 0.15) is 27.8 Å². The molecular formula is C52H34N2O3. The highest BCUT2D eigenvalue weighted by Crippen LogP contribution is 2.51. The average molecular weight is 735 g/mol. The Kier molecular flexibility index (Phi) is 6.62. The second kappa shape index (κ2) is 11.8. The summed E-state index contributed by atoms with van der Waals surface area (Å²) in [6.45, 7) is 4.66. The van der Waals surface area contributed by atoms with Crippen LogP contribution in [0.25, 0.3) is 88.7 Å². The largest absolute Gasteiger partial charge is 0.456 e. The van der Waals surface area contributed by atoms with E-state index in [0.29, 0.717) is 11.5 Å². The molecule has 5 nitrogen and oxygen atoms in total. The van der Waals surface area contributed by atoms with Gasteiger partial charge in [-0.25, -0.2) is 4.98 Å². The van der Waals surface area contributed by atoms with E-state index in [1.54, 1.807) is 0 Å². The van der Waals surface area contributed by atoms with Crippen LogP contribution in [0.4, 0.5) is 17.1 Å². The highest BCUT2D eigenvalue weighted by molar-refractivity contribution is 6.12. The highest BCUT2D eigenvalue weighted by Gasteiger charge is 2.35. The van der Waals surface area contributed by atoms with Crippen molar-refractivity contribution in [1.29, 1.82) is 0 Å². The van der Waals surface area contributed by atoms with Crippen LogP contribution in [0.1, 0.15) is 25.0 Å². The Morgan fingerprint density at radius 2 is 1.11 bits per heavy atom. The molecule has 1 aliphatic rings. The molecule has 8 aromatic carbocycles. The SMILES string of the molecule is CC1(C)c2ccccc2-c2ccc(N(c3ccc(-c4cccc5c4oc4cc6oc(-c7ccccc7)nc6cc45)cc3)c3ccc4oc5ccccc5c4c3)cc21. The number of aromatic nitrogens is 1. The first-order chi connectivity index (χ1) is 28.0. The van der Waals surface area contributed by atoms with Crippen molar-refractivity contribution in [3.63, 3.8) is 0 Å². The quantitative estimate of drug-likeness (QED) is 0.176. The summed E-state index contributed by atoms with van der Waals surface area (Å²) in [5, 5.41) is 4.25. The van der Waals surface area contributed by atoms with Crippen LogP contribution in [-0.2, 0) is 5.41 Å². The minimum Gasteiger partial charge on any atom is -0.456 e. The Balaban J connectivity index is 0.977. The van der Waals surface area contributed by atoms with Gasteiger partial charge in [-0.1, -0.05) is 111 Å². The molecule has 0 unspecified atom stereocenters. The topological polar surface area (TPSA) is 55.6 Å². The van der Waals surface area contributed by atoms with Crippen LogP contribution in [0.3, 0.4) is 0 Å². The van der Waals surface area contributed by atoms with E-state index in [4.69, 9.17) is 18.2 Å². The first kappa shape index (κ1) is 31.9. The number of benzene rings is 8. The van der Waals surface area contributed by atoms with Gasteiger partial charge in [-0.05, 0) is 94.5 Å². The van der Waals surface area contributed by atoms with Gasteiger partial charge in [-0.3, -0.25) is 0 Å². The molecule has 57 heavy (non-hydrogen) atoms. The summed E-state index contributed by atoms with van der Waals surface area (Å²) in [5.74, 6) is 0.601. The Labute approximate surface area is 328 Å². The number of para-hydroxylation sites is 2. The van der Waals surface area contributed by atoms with Crippen molar-refractivity contribution in [3.05, 3.63) is 181 Å². The van der Waals surface area contributed by atoms with Crippen molar-refractivity contribution in [3.8, 4) is 33.7 Å². The van der Waals surface area contributed by atoms with Gasteiger partial charge in [0.15, 0.2) is 5.58 Å². The summed E-state index contributed by atoms with van der Waals surface area (Å²) in [7, 11) is 0. The van der Waals surface area contributed by atoms with Crippen LogP contribution in [0.5, 0.6) is 0 Å². The number of hydrogen-bond donors (Lipinski definition) is 0. The summed E-state index contributed by atoms with van der Waals surface area (Å²) in [6.07, 6.45) is 0. The van der Waals surface area contributed by atoms with Crippen molar-refractivity contribution in [1.82, 2.24) is 4.98 Å². The number of rotatable bonds is 5. The number of fused-ring (bicyclic) bond motifs is 10. The third-order valence-electron chi connectivity index (χ3n) is 11.9. The lowest BCUT2D eigenvalue weighted by Crippen LogP contribution is -2.16. The van der Waals surface area contributed by atoms with Gasteiger partial charge in [0.25, 0.3) is 0 Å². The van der Waals surface area contributed by atoms with Crippen molar-refractivity contribution >= 4 is 72.0 Å². The van der Waals surface area contributed by atoms with Crippen LogP contribution >= 0.6 is 0 Å². The fraction of sp³-hybridized carbons (Fsp3) is 0.0577. The molecule has 0 atom stereocenters. The minimum absolute atomic E-state index is 0.129. The molecule has 0 saturated carbocycles. The molecule has 5 heteroatoms. The van der Waals surface area contributed by atoms with Gasteiger partial charge in [0.2, 0.25) is 5.89 Å². The lowest BCUT2D eigenvalue weighted by atomic mass is 9.82. The van der Waals surface area contributed by atoms with E-state index in [2.05, 4.69) is 140 Å². The molecule has 0 bridgehead atoms.